The zero-order valence-electron chi connectivity index (χ0n) is 22.2. The van der Waals surface area contributed by atoms with Crippen molar-refractivity contribution in [2.24, 2.45) is 11.8 Å². The van der Waals surface area contributed by atoms with E-state index in [9.17, 15) is 35.9 Å². The van der Waals surface area contributed by atoms with Gasteiger partial charge in [-0.25, -0.2) is 17.8 Å². The molecule has 0 aliphatic heterocycles. The zero-order chi connectivity index (χ0) is 29.7. The molecule has 2 aromatic carbocycles. The van der Waals surface area contributed by atoms with Gasteiger partial charge in [-0.2, -0.15) is 13.2 Å². The number of carboxylic acids is 1. The van der Waals surface area contributed by atoms with Crippen LogP contribution >= 0.6 is 0 Å². The molecule has 0 radical (unpaired) electrons. The number of aliphatic carboxylic acids is 1. The lowest BCUT2D eigenvalue weighted by Crippen LogP contribution is -2.11. The molecular weight excluding hydrogens is 566 g/mol. The van der Waals surface area contributed by atoms with E-state index in [0.29, 0.717) is 23.8 Å². The number of hydrogen-bond acceptors (Lipinski definition) is 6. The number of aryl methyl sites for hydroxylation is 1. The van der Waals surface area contributed by atoms with Gasteiger partial charge in [-0.1, -0.05) is 6.07 Å². The van der Waals surface area contributed by atoms with Crippen molar-refractivity contribution in [1.82, 2.24) is 4.98 Å². The van der Waals surface area contributed by atoms with Gasteiger partial charge in [0.25, 0.3) is 0 Å². The molecule has 2 aliphatic rings. The second kappa shape index (κ2) is 10.6. The number of halogens is 4. The number of fused-ring (bicyclic) bond motifs is 3. The minimum Gasteiger partial charge on any atom is -0.494 e. The Kier molecular flexibility index (Phi) is 7.47. The van der Waals surface area contributed by atoms with Gasteiger partial charge in [-0.05, 0) is 77.8 Å². The van der Waals surface area contributed by atoms with Crippen molar-refractivity contribution in [3.05, 3.63) is 76.2 Å². The van der Waals surface area contributed by atoms with E-state index in [-0.39, 0.29) is 59.8 Å². The predicted molar refractivity (Wildman–Crippen MR) is 141 cm³/mol. The Labute approximate surface area is 234 Å². The van der Waals surface area contributed by atoms with Gasteiger partial charge in [0.2, 0.25) is 5.88 Å². The van der Waals surface area contributed by atoms with E-state index in [1.54, 1.807) is 25.3 Å². The van der Waals surface area contributed by atoms with Gasteiger partial charge in [-0.15, -0.1) is 0 Å². The Hall–Kier alpha value is -3.67. The lowest BCUT2D eigenvalue weighted by molar-refractivity contribution is -0.139. The summed E-state index contributed by atoms with van der Waals surface area (Å²) in [6, 6.07) is 7.72. The van der Waals surface area contributed by atoms with E-state index in [2.05, 4.69) is 4.98 Å². The highest BCUT2D eigenvalue weighted by Gasteiger charge is 2.60. The van der Waals surface area contributed by atoms with Gasteiger partial charge >= 0.3 is 12.1 Å². The van der Waals surface area contributed by atoms with Crippen LogP contribution in [0.15, 0.2) is 42.6 Å². The Morgan fingerprint density at radius 2 is 1.88 bits per heavy atom. The minimum atomic E-state index is -4.82. The van der Waals surface area contributed by atoms with Gasteiger partial charge in [0, 0.05) is 30.0 Å². The summed E-state index contributed by atoms with van der Waals surface area (Å²) in [5.41, 5.74) is 0.996. The summed E-state index contributed by atoms with van der Waals surface area (Å²) in [7, 11) is -3.14. The third-order valence-electron chi connectivity index (χ3n) is 7.55. The topological polar surface area (TPSA) is 103 Å². The Bertz CT molecular complexity index is 1620. The van der Waals surface area contributed by atoms with E-state index >= 15 is 0 Å². The van der Waals surface area contributed by atoms with Gasteiger partial charge in [0.05, 0.1) is 23.8 Å². The molecule has 1 saturated carbocycles. The molecule has 0 spiro atoms. The highest BCUT2D eigenvalue weighted by molar-refractivity contribution is 7.90. The molecule has 1 N–H and O–H groups in total. The summed E-state index contributed by atoms with van der Waals surface area (Å²) >= 11 is 0. The molecule has 0 saturated heterocycles. The standard InChI is InChI=1S/C29H27F4NO6S/c1-15-8-18(39-6-3-7-41(2,37)38)4-5-19(15)20-10-17(24(30)12-23(20)29(31,32)33)14-40-25-11-16-9-21-26(22(16)13-34-25)27(21)28(35)36/h4-5,8,10-13,21,26-27H,3,6-7,9,14H2,1-2H3,(H,35,36)/t21-,26-,27+/m1/s1. The fourth-order valence-corrected chi connectivity index (χ4v) is 6.20. The molecule has 5 rings (SSSR count). The van der Waals surface area contributed by atoms with E-state index in [4.69, 9.17) is 9.47 Å². The SMILES string of the molecule is Cc1cc(OCCCS(C)(=O)=O)ccc1-c1cc(COc2cc3c(cn2)[C@H]2[C@@H](C3)[C@@H]2C(=O)O)c(F)cc1C(F)(F)F. The van der Waals surface area contributed by atoms with Crippen LogP contribution in [0.25, 0.3) is 11.1 Å². The van der Waals surface area contributed by atoms with Crippen LogP contribution in [0, 0.1) is 24.6 Å². The number of nitrogens with zero attached hydrogens (tertiary/aromatic N) is 1. The fraction of sp³-hybridized carbons (Fsp3) is 0.379. The minimum absolute atomic E-state index is 0.0296. The molecule has 2 aliphatic carbocycles. The van der Waals surface area contributed by atoms with E-state index in [1.165, 1.54) is 12.1 Å². The number of benzene rings is 2. The van der Waals surface area contributed by atoms with Crippen molar-refractivity contribution in [2.45, 2.75) is 38.5 Å². The number of ether oxygens (including phenoxy) is 2. The monoisotopic (exact) mass is 593 g/mol. The predicted octanol–water partition coefficient (Wildman–Crippen LogP) is 5.58. The third kappa shape index (κ3) is 6.17. The Morgan fingerprint density at radius 1 is 1.12 bits per heavy atom. The summed E-state index contributed by atoms with van der Waals surface area (Å²) in [5, 5.41) is 9.27. The number of sulfone groups is 1. The van der Waals surface area contributed by atoms with Crippen LogP contribution < -0.4 is 9.47 Å². The molecule has 218 valence electrons. The number of aromatic nitrogens is 1. The van der Waals surface area contributed by atoms with E-state index in [1.807, 2.05) is 0 Å². The maximum absolute atomic E-state index is 14.9. The van der Waals surface area contributed by atoms with Gasteiger partial charge in [-0.3, -0.25) is 4.79 Å². The summed E-state index contributed by atoms with van der Waals surface area (Å²) in [5.74, 6) is -1.85. The van der Waals surface area contributed by atoms with E-state index < -0.39 is 39.3 Å². The summed E-state index contributed by atoms with van der Waals surface area (Å²) in [4.78, 5) is 15.5. The quantitative estimate of drug-likeness (QED) is 0.242. The molecule has 12 heteroatoms. The summed E-state index contributed by atoms with van der Waals surface area (Å²) in [6.07, 6.45) is -1.30. The van der Waals surface area contributed by atoms with Crippen molar-refractivity contribution >= 4 is 15.8 Å². The maximum Gasteiger partial charge on any atom is 0.417 e. The Balaban J connectivity index is 1.35. The first-order valence-electron chi connectivity index (χ1n) is 12.9. The average molecular weight is 594 g/mol. The molecule has 1 heterocycles. The van der Waals surface area contributed by atoms with Crippen LogP contribution in [0.5, 0.6) is 11.6 Å². The fourth-order valence-electron chi connectivity index (χ4n) is 5.56. The highest BCUT2D eigenvalue weighted by atomic mass is 32.2. The lowest BCUT2D eigenvalue weighted by Gasteiger charge is -2.18. The summed E-state index contributed by atoms with van der Waals surface area (Å²) in [6.45, 7) is 1.36. The smallest absolute Gasteiger partial charge is 0.417 e. The van der Waals surface area contributed by atoms with Crippen molar-refractivity contribution < 1.29 is 45.4 Å². The third-order valence-corrected chi connectivity index (χ3v) is 8.58. The van der Waals surface area contributed by atoms with Crippen LogP contribution in [-0.2, 0) is 33.8 Å². The first-order chi connectivity index (χ1) is 19.2. The molecule has 3 aromatic rings. The van der Waals surface area contributed by atoms with Crippen LogP contribution in [-0.4, -0.2) is 43.1 Å². The van der Waals surface area contributed by atoms with Crippen molar-refractivity contribution in [3.8, 4) is 22.8 Å². The van der Waals surface area contributed by atoms with Crippen molar-refractivity contribution in [1.29, 1.82) is 0 Å². The number of pyridine rings is 1. The Morgan fingerprint density at radius 3 is 2.54 bits per heavy atom. The molecule has 41 heavy (non-hydrogen) atoms. The number of carboxylic acid groups (broad SMARTS) is 1. The van der Waals surface area contributed by atoms with E-state index in [0.717, 1.165) is 23.4 Å². The maximum atomic E-state index is 14.9. The molecule has 7 nitrogen and oxygen atoms in total. The number of rotatable bonds is 10. The normalized spacial score (nSPS) is 19.4. The average Bonchev–Trinajstić information content (AvgIpc) is 3.47. The van der Waals surface area contributed by atoms with Crippen LogP contribution in [0.2, 0.25) is 0 Å². The highest BCUT2D eigenvalue weighted by Crippen LogP contribution is 2.61. The van der Waals surface area contributed by atoms with Gasteiger partial charge < -0.3 is 14.6 Å². The second-order valence-corrected chi connectivity index (χ2v) is 12.8. The first-order valence-corrected chi connectivity index (χ1v) is 14.9. The zero-order valence-corrected chi connectivity index (χ0v) is 23.0. The van der Waals surface area contributed by atoms with Gasteiger partial charge in [0.15, 0.2) is 0 Å². The largest absolute Gasteiger partial charge is 0.494 e. The van der Waals surface area contributed by atoms with Crippen molar-refractivity contribution in [3.63, 3.8) is 0 Å². The number of hydrogen-bond donors (Lipinski definition) is 1. The molecule has 0 bridgehead atoms. The number of carbonyl (C=O) groups is 1. The molecule has 0 unspecified atom stereocenters. The van der Waals surface area contributed by atoms with Crippen LogP contribution in [0.3, 0.4) is 0 Å². The summed E-state index contributed by atoms with van der Waals surface area (Å²) < 4.78 is 90.4. The lowest BCUT2D eigenvalue weighted by atomic mass is 9.93. The molecule has 3 atom stereocenters. The molecule has 1 aromatic heterocycles. The van der Waals surface area contributed by atoms with Crippen LogP contribution in [0.1, 0.15) is 40.2 Å². The first kappa shape index (κ1) is 28.8. The second-order valence-electron chi connectivity index (χ2n) is 10.6. The molecule has 1 fully saturated rings. The molecular formula is C29H27F4NO6S. The van der Waals surface area contributed by atoms with Gasteiger partial charge in [0.1, 0.15) is 28.0 Å². The molecule has 0 amide bonds. The van der Waals surface area contributed by atoms with Crippen LogP contribution in [0.4, 0.5) is 17.6 Å². The number of alkyl halides is 3. The van der Waals surface area contributed by atoms with Crippen molar-refractivity contribution in [2.75, 3.05) is 18.6 Å².